The summed E-state index contributed by atoms with van der Waals surface area (Å²) in [5.74, 6) is 0. The third kappa shape index (κ3) is 2.98. The van der Waals surface area contributed by atoms with Crippen molar-refractivity contribution in [1.82, 2.24) is 0 Å². The van der Waals surface area contributed by atoms with E-state index in [1.807, 2.05) is 0 Å². The molecule has 2 N–H and O–H groups in total. The minimum atomic E-state index is 0.394. The van der Waals surface area contributed by atoms with Gasteiger partial charge in [-0.25, -0.2) is 0 Å². The van der Waals surface area contributed by atoms with Crippen molar-refractivity contribution in [3.63, 3.8) is 0 Å². The highest BCUT2D eigenvalue weighted by molar-refractivity contribution is 14.1. The van der Waals surface area contributed by atoms with Crippen LogP contribution in [0.1, 0.15) is 37.7 Å². The zero-order chi connectivity index (χ0) is 11.4. The third-order valence-electron chi connectivity index (χ3n) is 3.84. The summed E-state index contributed by atoms with van der Waals surface area (Å²) in [7, 11) is 0. The van der Waals surface area contributed by atoms with Crippen LogP contribution in [-0.2, 0) is 6.42 Å². The summed E-state index contributed by atoms with van der Waals surface area (Å²) in [6.45, 7) is 0.846. The molecule has 88 valence electrons. The predicted molar refractivity (Wildman–Crippen MR) is 77.4 cm³/mol. The highest BCUT2D eigenvalue weighted by Crippen LogP contribution is 2.38. The first kappa shape index (κ1) is 12.4. The van der Waals surface area contributed by atoms with Crippen LogP contribution >= 0.6 is 22.6 Å². The lowest BCUT2D eigenvalue weighted by Gasteiger charge is -2.36. The maximum Gasteiger partial charge on any atom is 0.0130 e. The Balaban J connectivity index is 2.08. The Morgan fingerprint density at radius 1 is 1.06 bits per heavy atom. The molecule has 2 rings (SSSR count). The molecule has 1 aromatic carbocycles. The van der Waals surface area contributed by atoms with Gasteiger partial charge in [0.2, 0.25) is 0 Å². The molecule has 16 heavy (non-hydrogen) atoms. The van der Waals surface area contributed by atoms with Crippen molar-refractivity contribution in [2.45, 2.75) is 38.5 Å². The van der Waals surface area contributed by atoms with Crippen molar-refractivity contribution in [2.75, 3.05) is 6.54 Å². The summed E-state index contributed by atoms with van der Waals surface area (Å²) in [5.41, 5.74) is 7.86. The molecule has 1 aromatic rings. The van der Waals surface area contributed by atoms with Crippen molar-refractivity contribution >= 4 is 22.6 Å². The molecule has 0 radical (unpaired) electrons. The molecule has 0 saturated heterocycles. The lowest BCUT2D eigenvalue weighted by atomic mass is 9.70. The second-order valence-electron chi connectivity index (χ2n) is 5.07. The quantitative estimate of drug-likeness (QED) is 0.840. The van der Waals surface area contributed by atoms with E-state index in [1.165, 1.54) is 47.7 Å². The SMILES string of the molecule is NCC1(Cc2ccc(I)cc2)CCCCC1. The molecular weight excluding hydrogens is 309 g/mol. The maximum absolute atomic E-state index is 6.01. The number of benzene rings is 1. The number of rotatable bonds is 3. The average molecular weight is 329 g/mol. The van der Waals surface area contributed by atoms with Crippen LogP contribution in [-0.4, -0.2) is 6.54 Å². The summed E-state index contributed by atoms with van der Waals surface area (Å²) >= 11 is 2.36. The molecule has 0 aromatic heterocycles. The van der Waals surface area contributed by atoms with Gasteiger partial charge in [0.05, 0.1) is 0 Å². The number of halogens is 1. The lowest BCUT2D eigenvalue weighted by molar-refractivity contribution is 0.197. The van der Waals surface area contributed by atoms with E-state index in [9.17, 15) is 0 Å². The average Bonchev–Trinajstić information content (AvgIpc) is 2.33. The van der Waals surface area contributed by atoms with E-state index in [0.29, 0.717) is 5.41 Å². The summed E-state index contributed by atoms with van der Waals surface area (Å²) < 4.78 is 1.31. The van der Waals surface area contributed by atoms with Gasteiger partial charge in [0, 0.05) is 3.57 Å². The second kappa shape index (κ2) is 5.50. The number of hydrogen-bond acceptors (Lipinski definition) is 1. The van der Waals surface area contributed by atoms with Crippen molar-refractivity contribution in [1.29, 1.82) is 0 Å². The van der Waals surface area contributed by atoms with Crippen LogP contribution in [0, 0.1) is 8.99 Å². The molecule has 1 aliphatic carbocycles. The van der Waals surface area contributed by atoms with Crippen LogP contribution in [0.25, 0.3) is 0 Å². The first-order valence-corrected chi connectivity index (χ1v) is 7.27. The lowest BCUT2D eigenvalue weighted by Crippen LogP contribution is -2.34. The Morgan fingerprint density at radius 2 is 1.69 bits per heavy atom. The largest absolute Gasteiger partial charge is 0.330 e. The zero-order valence-electron chi connectivity index (χ0n) is 9.71. The van der Waals surface area contributed by atoms with E-state index in [-0.39, 0.29) is 0 Å². The van der Waals surface area contributed by atoms with Gasteiger partial charge in [0.15, 0.2) is 0 Å². The molecule has 0 bridgehead atoms. The van der Waals surface area contributed by atoms with E-state index in [4.69, 9.17) is 5.73 Å². The standard InChI is InChI=1S/C14H20IN/c15-13-6-4-12(5-7-13)10-14(11-16)8-2-1-3-9-14/h4-7H,1-3,8-11,16H2. The number of nitrogens with two attached hydrogens (primary N) is 1. The Morgan fingerprint density at radius 3 is 2.25 bits per heavy atom. The summed E-state index contributed by atoms with van der Waals surface area (Å²) in [6.07, 6.45) is 7.92. The molecule has 1 fully saturated rings. The highest BCUT2D eigenvalue weighted by Gasteiger charge is 2.30. The van der Waals surface area contributed by atoms with E-state index in [0.717, 1.165) is 6.54 Å². The van der Waals surface area contributed by atoms with Crippen molar-refractivity contribution in [3.8, 4) is 0 Å². The van der Waals surface area contributed by atoms with Crippen LogP contribution in [0.5, 0.6) is 0 Å². The van der Waals surface area contributed by atoms with Gasteiger partial charge >= 0.3 is 0 Å². The van der Waals surface area contributed by atoms with E-state index in [1.54, 1.807) is 0 Å². The van der Waals surface area contributed by atoms with Gasteiger partial charge in [-0.1, -0.05) is 31.4 Å². The molecule has 0 unspecified atom stereocenters. The van der Waals surface area contributed by atoms with Gasteiger partial charge in [-0.3, -0.25) is 0 Å². The van der Waals surface area contributed by atoms with Gasteiger partial charge < -0.3 is 5.73 Å². The molecule has 0 spiro atoms. The van der Waals surface area contributed by atoms with Crippen LogP contribution in [0.4, 0.5) is 0 Å². The topological polar surface area (TPSA) is 26.0 Å². The molecule has 0 atom stereocenters. The van der Waals surface area contributed by atoms with E-state index >= 15 is 0 Å². The fourth-order valence-corrected chi connectivity index (χ4v) is 3.15. The third-order valence-corrected chi connectivity index (χ3v) is 4.56. The Labute approximate surface area is 112 Å². The minimum Gasteiger partial charge on any atom is -0.330 e. The van der Waals surface area contributed by atoms with Crippen molar-refractivity contribution < 1.29 is 0 Å². The normalized spacial score (nSPS) is 19.6. The Bertz CT molecular complexity index is 325. The van der Waals surface area contributed by atoms with Gasteiger partial charge in [0.1, 0.15) is 0 Å². The first-order chi connectivity index (χ1) is 7.74. The smallest absolute Gasteiger partial charge is 0.0130 e. The van der Waals surface area contributed by atoms with Crippen LogP contribution < -0.4 is 5.73 Å². The van der Waals surface area contributed by atoms with E-state index < -0.39 is 0 Å². The van der Waals surface area contributed by atoms with Crippen LogP contribution in [0.3, 0.4) is 0 Å². The maximum atomic E-state index is 6.01. The minimum absolute atomic E-state index is 0.394. The molecule has 0 aliphatic heterocycles. The summed E-state index contributed by atoms with van der Waals surface area (Å²) in [5, 5.41) is 0. The Hall–Kier alpha value is -0.0900. The van der Waals surface area contributed by atoms with Crippen molar-refractivity contribution in [3.05, 3.63) is 33.4 Å². The summed E-state index contributed by atoms with van der Waals surface area (Å²) in [6, 6.07) is 8.91. The molecule has 0 heterocycles. The van der Waals surface area contributed by atoms with Crippen molar-refractivity contribution in [2.24, 2.45) is 11.1 Å². The molecule has 1 nitrogen and oxygen atoms in total. The molecular formula is C14H20IN. The highest BCUT2D eigenvalue weighted by atomic mass is 127. The van der Waals surface area contributed by atoms with Gasteiger partial charge in [0.25, 0.3) is 0 Å². The molecule has 1 saturated carbocycles. The monoisotopic (exact) mass is 329 g/mol. The number of hydrogen-bond donors (Lipinski definition) is 1. The molecule has 1 aliphatic rings. The fraction of sp³-hybridized carbons (Fsp3) is 0.571. The van der Waals surface area contributed by atoms with Gasteiger partial charge in [-0.15, -0.1) is 0 Å². The van der Waals surface area contributed by atoms with E-state index in [2.05, 4.69) is 46.9 Å². The first-order valence-electron chi connectivity index (χ1n) is 6.19. The van der Waals surface area contributed by atoms with Crippen LogP contribution in [0.15, 0.2) is 24.3 Å². The van der Waals surface area contributed by atoms with Gasteiger partial charge in [-0.2, -0.15) is 0 Å². The molecule has 0 amide bonds. The zero-order valence-corrected chi connectivity index (χ0v) is 11.9. The molecule has 2 heteroatoms. The van der Waals surface area contributed by atoms with Crippen LogP contribution in [0.2, 0.25) is 0 Å². The van der Waals surface area contributed by atoms with Gasteiger partial charge in [-0.05, 0) is 71.5 Å². The fourth-order valence-electron chi connectivity index (χ4n) is 2.79. The Kier molecular flexibility index (Phi) is 4.25. The summed E-state index contributed by atoms with van der Waals surface area (Å²) in [4.78, 5) is 0. The predicted octanol–water partition coefficient (Wildman–Crippen LogP) is 3.74. The second-order valence-corrected chi connectivity index (χ2v) is 6.31.